The Morgan fingerprint density at radius 2 is 1.97 bits per heavy atom. The molecule has 3 rings (SSSR count). The van der Waals surface area contributed by atoms with E-state index in [4.69, 9.17) is 27.9 Å². The largest absolute Gasteiger partial charge is 0.465 e. The highest BCUT2D eigenvalue weighted by Gasteiger charge is 2.37. The van der Waals surface area contributed by atoms with Crippen molar-refractivity contribution < 1.29 is 14.3 Å². The number of para-hydroxylation sites is 1. The van der Waals surface area contributed by atoms with E-state index < -0.39 is 11.8 Å². The summed E-state index contributed by atoms with van der Waals surface area (Å²) in [7, 11) is 1.86. The minimum absolute atomic E-state index is 0.218. The first kappa shape index (κ1) is 26.0. The Morgan fingerprint density at radius 1 is 1.24 bits per heavy atom. The third-order valence-corrected chi connectivity index (χ3v) is 6.57. The molecule has 1 amide bonds. The smallest absolute Gasteiger partial charge is 0.310 e. The highest BCUT2D eigenvalue weighted by atomic mass is 35.5. The van der Waals surface area contributed by atoms with Crippen LogP contribution in [0.5, 0.6) is 0 Å². The molecule has 0 saturated heterocycles. The van der Waals surface area contributed by atoms with Crippen LogP contribution in [-0.2, 0) is 27.8 Å². The average Bonchev–Trinajstić information content (AvgIpc) is 3.45. The average molecular weight is 508 g/mol. The van der Waals surface area contributed by atoms with E-state index >= 15 is 0 Å². The van der Waals surface area contributed by atoms with E-state index in [1.54, 1.807) is 42.5 Å². The van der Waals surface area contributed by atoms with Crippen LogP contribution < -0.4 is 5.32 Å². The Balaban J connectivity index is 1.76. The highest BCUT2D eigenvalue weighted by molar-refractivity contribution is 6.39. The van der Waals surface area contributed by atoms with E-state index in [0.29, 0.717) is 47.8 Å². The number of anilines is 1. The van der Waals surface area contributed by atoms with E-state index in [0.717, 1.165) is 25.0 Å². The quantitative estimate of drug-likeness (QED) is 0.375. The molecule has 0 spiro atoms. The first-order valence-corrected chi connectivity index (χ1v) is 12.3. The molecule has 184 valence electrons. The summed E-state index contributed by atoms with van der Waals surface area (Å²) in [5.41, 5.74) is 1.34. The van der Waals surface area contributed by atoms with Gasteiger partial charge in [-0.25, -0.2) is 4.98 Å². The van der Waals surface area contributed by atoms with Crippen LogP contribution in [0, 0.1) is 11.8 Å². The fraction of sp³-hybridized carbons (Fsp3) is 0.500. The molecule has 1 aliphatic heterocycles. The molecule has 2 atom stereocenters. The minimum atomic E-state index is -0.657. The summed E-state index contributed by atoms with van der Waals surface area (Å²) in [6.07, 6.45) is 6.54. The highest BCUT2D eigenvalue weighted by Crippen LogP contribution is 2.31. The molecule has 10 heteroatoms. The van der Waals surface area contributed by atoms with Gasteiger partial charge in [0.25, 0.3) is 0 Å². The lowest BCUT2D eigenvalue weighted by molar-refractivity contribution is -0.154. The molecule has 0 saturated carbocycles. The zero-order valence-corrected chi connectivity index (χ0v) is 21.3. The number of halogens is 2. The van der Waals surface area contributed by atoms with Crippen LogP contribution >= 0.6 is 23.2 Å². The number of guanidine groups is 1. The number of aryl methyl sites for hydroxylation is 1. The summed E-state index contributed by atoms with van der Waals surface area (Å²) in [6, 6.07) is 5.16. The van der Waals surface area contributed by atoms with Crippen LogP contribution in [0.25, 0.3) is 0 Å². The lowest BCUT2D eigenvalue weighted by Gasteiger charge is -2.27. The maximum atomic E-state index is 13.6. The van der Waals surface area contributed by atoms with Gasteiger partial charge < -0.3 is 14.6 Å². The van der Waals surface area contributed by atoms with Crippen molar-refractivity contribution in [2.24, 2.45) is 23.9 Å². The number of esters is 1. The number of ether oxygens (including phenoxy) is 1. The molecule has 1 aromatic carbocycles. The monoisotopic (exact) mass is 507 g/mol. The van der Waals surface area contributed by atoms with Crippen molar-refractivity contribution in [2.45, 2.75) is 39.5 Å². The molecule has 0 fully saturated rings. The van der Waals surface area contributed by atoms with Crippen molar-refractivity contribution in [3.63, 3.8) is 0 Å². The Kier molecular flexibility index (Phi) is 9.36. The van der Waals surface area contributed by atoms with Gasteiger partial charge >= 0.3 is 5.97 Å². The number of imidazole rings is 1. The van der Waals surface area contributed by atoms with Crippen molar-refractivity contribution in [2.75, 3.05) is 25.0 Å². The zero-order valence-electron chi connectivity index (χ0n) is 19.8. The summed E-state index contributed by atoms with van der Waals surface area (Å²) < 4.78 is 7.41. The lowest BCUT2D eigenvalue weighted by Crippen LogP contribution is -2.45. The van der Waals surface area contributed by atoms with Gasteiger partial charge in [0.1, 0.15) is 0 Å². The van der Waals surface area contributed by atoms with Gasteiger partial charge in [0.2, 0.25) is 11.9 Å². The second kappa shape index (κ2) is 12.2. The van der Waals surface area contributed by atoms with Gasteiger partial charge in [0.15, 0.2) is 0 Å². The van der Waals surface area contributed by atoms with Crippen molar-refractivity contribution in [1.82, 2.24) is 14.5 Å². The molecule has 0 radical (unpaired) electrons. The van der Waals surface area contributed by atoms with Crippen LogP contribution in [0.4, 0.5) is 5.69 Å². The van der Waals surface area contributed by atoms with Crippen LogP contribution in [0.2, 0.25) is 10.0 Å². The molecule has 1 N–H and O–H groups in total. The van der Waals surface area contributed by atoms with E-state index in [1.165, 1.54) is 0 Å². The Labute approximate surface area is 210 Å². The number of carbonyl (C=O) groups excluding carboxylic acids is 2. The summed E-state index contributed by atoms with van der Waals surface area (Å²) in [6.45, 7) is 5.04. The number of hydrogen-bond donors (Lipinski definition) is 1. The standard InChI is InChI=1S/C24H31Cl2N5O3/c1-4-5-6-12-34-23(33)18(13-17-14-27-15-30(17)3)16(2)22(32)31-11-10-28-24(31)29-21-19(25)8-7-9-20(21)26/h7-9,14-16,18H,4-6,10-13H2,1-3H3,(H,28,29)/t16-,18+/m0/s1. The van der Waals surface area contributed by atoms with E-state index in [-0.39, 0.29) is 11.9 Å². The van der Waals surface area contributed by atoms with Crippen LogP contribution in [0.3, 0.4) is 0 Å². The number of amides is 1. The number of nitrogens with zero attached hydrogens (tertiary/aromatic N) is 4. The number of rotatable bonds is 10. The first-order valence-electron chi connectivity index (χ1n) is 11.5. The Bertz CT molecular complexity index is 1020. The first-order chi connectivity index (χ1) is 16.3. The normalized spacial score (nSPS) is 15.1. The van der Waals surface area contributed by atoms with Crippen molar-refractivity contribution >= 4 is 46.7 Å². The SMILES string of the molecule is CCCCCOC(=O)[C@H](Cc1cncn1C)[C@H](C)C(=O)N1CCN=C1Nc1c(Cl)cccc1Cl. The summed E-state index contributed by atoms with van der Waals surface area (Å²) in [4.78, 5) is 36.7. The molecule has 0 unspecified atom stereocenters. The third-order valence-electron chi connectivity index (χ3n) is 5.94. The predicted molar refractivity (Wildman–Crippen MR) is 134 cm³/mol. The van der Waals surface area contributed by atoms with Gasteiger partial charge in [0.05, 0.1) is 41.1 Å². The van der Waals surface area contributed by atoms with E-state index in [2.05, 4.69) is 22.2 Å². The van der Waals surface area contributed by atoms with Crippen LogP contribution in [0.15, 0.2) is 35.7 Å². The van der Waals surface area contributed by atoms with Gasteiger partial charge in [-0.15, -0.1) is 0 Å². The fourth-order valence-electron chi connectivity index (χ4n) is 3.82. The van der Waals surface area contributed by atoms with Crippen molar-refractivity contribution in [1.29, 1.82) is 0 Å². The topological polar surface area (TPSA) is 88.8 Å². The number of carbonyl (C=O) groups is 2. The van der Waals surface area contributed by atoms with Gasteiger partial charge in [-0.3, -0.25) is 19.5 Å². The predicted octanol–water partition coefficient (Wildman–Crippen LogP) is 4.57. The molecular formula is C24H31Cl2N5O3. The molecule has 0 aliphatic carbocycles. The molecular weight excluding hydrogens is 477 g/mol. The van der Waals surface area contributed by atoms with Gasteiger partial charge in [-0.2, -0.15) is 0 Å². The zero-order chi connectivity index (χ0) is 24.7. The lowest BCUT2D eigenvalue weighted by atomic mass is 9.88. The second-order valence-electron chi connectivity index (χ2n) is 8.39. The third kappa shape index (κ3) is 6.30. The number of unbranched alkanes of at least 4 members (excludes halogenated alkanes) is 2. The van der Waals surface area contributed by atoms with E-state index in [1.807, 2.05) is 11.6 Å². The van der Waals surface area contributed by atoms with Crippen molar-refractivity contribution in [3.8, 4) is 0 Å². The molecule has 2 aromatic rings. The van der Waals surface area contributed by atoms with Gasteiger partial charge in [-0.1, -0.05) is 56.0 Å². The molecule has 8 nitrogen and oxygen atoms in total. The van der Waals surface area contributed by atoms with E-state index in [9.17, 15) is 9.59 Å². The Hall–Kier alpha value is -2.58. The molecule has 1 aromatic heterocycles. The van der Waals surface area contributed by atoms with Gasteiger partial charge in [0, 0.05) is 37.8 Å². The van der Waals surface area contributed by atoms with Crippen LogP contribution in [-0.4, -0.2) is 52.0 Å². The number of nitrogens with one attached hydrogen (secondary N) is 1. The molecule has 1 aliphatic rings. The fourth-order valence-corrected chi connectivity index (χ4v) is 4.31. The maximum Gasteiger partial charge on any atom is 0.310 e. The second-order valence-corrected chi connectivity index (χ2v) is 9.20. The number of hydrogen-bond acceptors (Lipinski definition) is 6. The molecule has 34 heavy (non-hydrogen) atoms. The molecule has 0 bridgehead atoms. The Morgan fingerprint density at radius 3 is 2.62 bits per heavy atom. The van der Waals surface area contributed by atoms with Crippen molar-refractivity contribution in [3.05, 3.63) is 46.5 Å². The summed E-state index contributed by atoms with van der Waals surface area (Å²) in [5.74, 6) is -1.53. The summed E-state index contributed by atoms with van der Waals surface area (Å²) in [5, 5.41) is 3.94. The van der Waals surface area contributed by atoms with Gasteiger partial charge in [-0.05, 0) is 18.6 Å². The number of benzene rings is 1. The maximum absolute atomic E-state index is 13.6. The minimum Gasteiger partial charge on any atom is -0.465 e. The summed E-state index contributed by atoms with van der Waals surface area (Å²) >= 11 is 12.6. The molecule has 2 heterocycles. The number of aliphatic imine (C=N–C) groups is 1. The number of aromatic nitrogens is 2. The van der Waals surface area contributed by atoms with Crippen LogP contribution in [0.1, 0.15) is 38.8 Å².